The van der Waals surface area contributed by atoms with Gasteiger partial charge in [0.25, 0.3) is 0 Å². The number of nitrogens with zero attached hydrogens (tertiary/aromatic N) is 2. The summed E-state index contributed by atoms with van der Waals surface area (Å²) >= 11 is 0. The highest BCUT2D eigenvalue weighted by Gasteiger charge is 2.02. The van der Waals surface area contributed by atoms with E-state index >= 15 is 0 Å². The smallest absolute Gasteiger partial charge is 0.314 e. The molecule has 0 aliphatic carbocycles. The Morgan fingerprint density at radius 3 is 2.87 bits per heavy atom. The van der Waals surface area contributed by atoms with Gasteiger partial charge in [-0.3, -0.25) is 0 Å². The number of amides is 2. The molecule has 0 bridgehead atoms. The molecule has 0 unspecified atom stereocenters. The van der Waals surface area contributed by atoms with Crippen molar-refractivity contribution in [2.75, 3.05) is 6.54 Å². The molecule has 0 atom stereocenters. The molecule has 5 heteroatoms. The van der Waals surface area contributed by atoms with Crippen molar-refractivity contribution in [3.63, 3.8) is 0 Å². The van der Waals surface area contributed by atoms with Crippen LogP contribution in [0.4, 0.5) is 4.79 Å². The molecule has 0 radical (unpaired) electrons. The maximum absolute atomic E-state index is 11.2. The van der Waals surface area contributed by atoms with Gasteiger partial charge in [-0.25, -0.2) is 9.78 Å². The van der Waals surface area contributed by atoms with Gasteiger partial charge in [-0.1, -0.05) is 0 Å². The van der Waals surface area contributed by atoms with Crippen LogP contribution in [0.3, 0.4) is 0 Å². The van der Waals surface area contributed by atoms with Crippen molar-refractivity contribution in [1.29, 1.82) is 0 Å². The molecule has 2 amide bonds. The maximum Gasteiger partial charge on any atom is 0.314 e. The average molecular weight is 210 g/mol. The average Bonchev–Trinajstić information content (AvgIpc) is 2.50. The lowest BCUT2D eigenvalue weighted by molar-refractivity contribution is 0.238. The predicted octanol–water partition coefficient (Wildman–Crippen LogP) is 0.670. The molecule has 0 aliphatic rings. The molecule has 1 heterocycles. The zero-order valence-electron chi connectivity index (χ0n) is 9.45. The number of aromatic nitrogens is 2. The molecule has 15 heavy (non-hydrogen) atoms. The molecule has 0 spiro atoms. The first-order valence-electron chi connectivity index (χ1n) is 5.09. The van der Waals surface area contributed by atoms with Gasteiger partial charge in [0.2, 0.25) is 0 Å². The van der Waals surface area contributed by atoms with Crippen LogP contribution < -0.4 is 10.6 Å². The van der Waals surface area contributed by atoms with E-state index in [4.69, 9.17) is 0 Å². The highest BCUT2D eigenvalue weighted by molar-refractivity contribution is 5.74. The molecule has 0 saturated heterocycles. The van der Waals surface area contributed by atoms with Crippen LogP contribution in [-0.2, 0) is 13.5 Å². The van der Waals surface area contributed by atoms with E-state index in [-0.39, 0.29) is 12.1 Å². The zero-order chi connectivity index (χ0) is 11.3. The summed E-state index contributed by atoms with van der Waals surface area (Å²) in [6, 6.07) is 0.0424. The first kappa shape index (κ1) is 11.6. The largest absolute Gasteiger partial charge is 0.340 e. The highest BCUT2D eigenvalue weighted by atomic mass is 16.2. The van der Waals surface area contributed by atoms with Crippen LogP contribution in [0.1, 0.15) is 19.5 Å². The monoisotopic (exact) mass is 210 g/mol. The van der Waals surface area contributed by atoms with Crippen molar-refractivity contribution in [2.24, 2.45) is 7.05 Å². The van der Waals surface area contributed by atoms with Crippen LogP contribution in [0.15, 0.2) is 12.5 Å². The molecule has 1 aromatic heterocycles. The Kier molecular flexibility index (Phi) is 4.15. The molecule has 2 N–H and O–H groups in total. The first-order valence-corrected chi connectivity index (χ1v) is 5.09. The van der Waals surface area contributed by atoms with Crippen LogP contribution in [0.2, 0.25) is 0 Å². The Bertz CT molecular complexity index is 319. The summed E-state index contributed by atoms with van der Waals surface area (Å²) in [6.07, 6.45) is 4.46. The zero-order valence-corrected chi connectivity index (χ0v) is 9.45. The second kappa shape index (κ2) is 5.38. The minimum atomic E-state index is -0.124. The quantitative estimate of drug-likeness (QED) is 0.767. The fraction of sp³-hybridized carbons (Fsp3) is 0.600. The molecule has 0 saturated carbocycles. The fourth-order valence-corrected chi connectivity index (χ4v) is 1.21. The van der Waals surface area contributed by atoms with Gasteiger partial charge in [-0.05, 0) is 13.8 Å². The minimum Gasteiger partial charge on any atom is -0.340 e. The van der Waals surface area contributed by atoms with Crippen molar-refractivity contribution in [3.8, 4) is 0 Å². The number of hydrogen-bond acceptors (Lipinski definition) is 2. The van der Waals surface area contributed by atoms with Crippen molar-refractivity contribution >= 4 is 6.03 Å². The summed E-state index contributed by atoms with van der Waals surface area (Å²) in [5.41, 5.74) is 0.988. The topological polar surface area (TPSA) is 59.0 Å². The number of hydrogen-bond donors (Lipinski definition) is 2. The number of carbonyl (C=O) groups is 1. The molecule has 1 aromatic rings. The summed E-state index contributed by atoms with van der Waals surface area (Å²) in [4.78, 5) is 15.4. The van der Waals surface area contributed by atoms with Crippen LogP contribution in [0.5, 0.6) is 0 Å². The summed E-state index contributed by atoms with van der Waals surface area (Å²) < 4.78 is 1.89. The first-order chi connectivity index (χ1) is 7.08. The van der Waals surface area contributed by atoms with E-state index in [9.17, 15) is 4.79 Å². The summed E-state index contributed by atoms with van der Waals surface area (Å²) in [7, 11) is 1.93. The van der Waals surface area contributed by atoms with E-state index in [1.165, 1.54) is 0 Å². The third kappa shape index (κ3) is 4.49. The van der Waals surface area contributed by atoms with Gasteiger partial charge in [0.15, 0.2) is 0 Å². The second-order valence-corrected chi connectivity index (χ2v) is 3.84. The lowest BCUT2D eigenvalue weighted by atomic mass is 10.3. The normalized spacial score (nSPS) is 10.4. The van der Waals surface area contributed by atoms with E-state index in [2.05, 4.69) is 15.6 Å². The highest BCUT2D eigenvalue weighted by Crippen LogP contribution is 1.93. The van der Waals surface area contributed by atoms with Crippen molar-refractivity contribution < 1.29 is 4.79 Å². The van der Waals surface area contributed by atoms with Crippen LogP contribution in [0.25, 0.3) is 0 Å². The predicted molar refractivity (Wildman–Crippen MR) is 58.6 cm³/mol. The van der Waals surface area contributed by atoms with E-state index in [1.807, 2.05) is 31.7 Å². The lowest BCUT2D eigenvalue weighted by Gasteiger charge is -2.09. The van der Waals surface area contributed by atoms with Crippen molar-refractivity contribution in [1.82, 2.24) is 20.2 Å². The molecule has 5 nitrogen and oxygen atoms in total. The SMILES string of the molecule is CC(C)NC(=O)NCCc1cn(C)cn1. The maximum atomic E-state index is 11.2. The Hall–Kier alpha value is -1.52. The van der Waals surface area contributed by atoms with Crippen LogP contribution >= 0.6 is 0 Å². The van der Waals surface area contributed by atoms with Gasteiger partial charge in [0.1, 0.15) is 0 Å². The van der Waals surface area contributed by atoms with Gasteiger partial charge in [0.05, 0.1) is 12.0 Å². The van der Waals surface area contributed by atoms with Crippen molar-refractivity contribution in [2.45, 2.75) is 26.3 Å². The molecule has 0 aromatic carbocycles. The van der Waals surface area contributed by atoms with E-state index in [0.29, 0.717) is 6.54 Å². The number of urea groups is 1. The Morgan fingerprint density at radius 1 is 1.60 bits per heavy atom. The molecule has 0 aliphatic heterocycles. The Morgan fingerprint density at radius 2 is 2.33 bits per heavy atom. The second-order valence-electron chi connectivity index (χ2n) is 3.84. The summed E-state index contributed by atoms with van der Waals surface area (Å²) in [5, 5.41) is 5.53. The standard InChI is InChI=1S/C10H18N4O/c1-8(2)13-10(15)11-5-4-9-6-14(3)7-12-9/h6-8H,4-5H2,1-3H3,(H2,11,13,15). The third-order valence-electron chi connectivity index (χ3n) is 1.84. The van der Waals surface area contributed by atoms with Gasteiger partial charge in [0, 0.05) is 32.3 Å². The summed E-state index contributed by atoms with van der Waals surface area (Å²) in [6.45, 7) is 4.46. The minimum absolute atomic E-state index is 0.124. The lowest BCUT2D eigenvalue weighted by Crippen LogP contribution is -2.40. The number of aryl methyl sites for hydroxylation is 1. The Labute approximate surface area is 89.9 Å². The number of carbonyl (C=O) groups excluding carboxylic acids is 1. The van der Waals surface area contributed by atoms with Crippen molar-refractivity contribution in [3.05, 3.63) is 18.2 Å². The number of rotatable bonds is 4. The molecule has 1 rings (SSSR count). The summed E-state index contributed by atoms with van der Waals surface area (Å²) in [5.74, 6) is 0. The molecular weight excluding hydrogens is 192 g/mol. The number of nitrogens with one attached hydrogen (secondary N) is 2. The van der Waals surface area contributed by atoms with Gasteiger partial charge < -0.3 is 15.2 Å². The van der Waals surface area contributed by atoms with E-state index in [1.54, 1.807) is 6.33 Å². The molecule has 84 valence electrons. The van der Waals surface area contributed by atoms with Crippen LogP contribution in [0, 0.1) is 0 Å². The number of imidazole rings is 1. The van der Waals surface area contributed by atoms with E-state index < -0.39 is 0 Å². The van der Waals surface area contributed by atoms with Gasteiger partial charge in [-0.15, -0.1) is 0 Å². The molecule has 0 fully saturated rings. The Balaban J connectivity index is 2.19. The van der Waals surface area contributed by atoms with Gasteiger partial charge in [-0.2, -0.15) is 0 Å². The molecular formula is C10H18N4O. The fourth-order valence-electron chi connectivity index (χ4n) is 1.21. The van der Waals surface area contributed by atoms with E-state index in [0.717, 1.165) is 12.1 Å². The third-order valence-corrected chi connectivity index (χ3v) is 1.84. The van der Waals surface area contributed by atoms with Gasteiger partial charge >= 0.3 is 6.03 Å². The van der Waals surface area contributed by atoms with Crippen LogP contribution in [-0.4, -0.2) is 28.2 Å².